The van der Waals surface area contributed by atoms with Gasteiger partial charge in [-0.1, -0.05) is 67.6 Å². The van der Waals surface area contributed by atoms with Gasteiger partial charge in [0.2, 0.25) is 0 Å². The number of nitrogens with zero attached hydrogens (tertiary/aromatic N) is 2. The van der Waals surface area contributed by atoms with Crippen molar-refractivity contribution in [3.63, 3.8) is 0 Å². The van der Waals surface area contributed by atoms with Crippen LogP contribution in [0, 0.1) is 0 Å². The lowest BCUT2D eigenvalue weighted by atomic mass is 10.00. The van der Waals surface area contributed by atoms with Gasteiger partial charge < -0.3 is 10.1 Å². The number of fused-ring (bicyclic) bond motifs is 1. The van der Waals surface area contributed by atoms with Gasteiger partial charge >= 0.3 is 0 Å². The minimum atomic E-state index is 0.107. The zero-order chi connectivity index (χ0) is 22.5. The summed E-state index contributed by atoms with van der Waals surface area (Å²) in [5.41, 5.74) is 3.74. The molecule has 1 aliphatic heterocycles. The monoisotopic (exact) mass is 457 g/mol. The molecule has 0 unspecified atom stereocenters. The third kappa shape index (κ3) is 5.44. The Morgan fingerprint density at radius 1 is 1.03 bits per heavy atom. The van der Waals surface area contributed by atoms with Crippen LogP contribution in [0.2, 0.25) is 0 Å². The topological polar surface area (TPSA) is 37.4 Å². The van der Waals surface area contributed by atoms with E-state index in [-0.39, 0.29) is 12.1 Å². The Balaban J connectivity index is 1.33. The molecule has 5 heteroatoms. The maximum Gasteiger partial charge on any atom is 0.125 e. The number of nitrogens with one attached hydrogen (secondary N) is 1. The van der Waals surface area contributed by atoms with E-state index < -0.39 is 0 Å². The molecule has 2 atom stereocenters. The van der Waals surface area contributed by atoms with Gasteiger partial charge in [0.1, 0.15) is 4.83 Å². The van der Waals surface area contributed by atoms with Crippen LogP contribution in [0.15, 0.2) is 79.0 Å². The highest BCUT2D eigenvalue weighted by Gasteiger charge is 2.30. The number of thiophene rings is 1. The second-order valence-electron chi connectivity index (χ2n) is 8.74. The zero-order valence-corrected chi connectivity index (χ0v) is 19.9. The van der Waals surface area contributed by atoms with E-state index in [1.165, 1.54) is 27.1 Å². The molecule has 1 N–H and O–H groups in total. The van der Waals surface area contributed by atoms with Gasteiger partial charge in [0.25, 0.3) is 0 Å². The average molecular weight is 458 g/mol. The molecule has 0 spiro atoms. The first kappa shape index (κ1) is 22.1. The summed E-state index contributed by atoms with van der Waals surface area (Å²) in [6.07, 6.45) is 4.11. The Morgan fingerprint density at radius 2 is 1.79 bits per heavy atom. The average Bonchev–Trinajstić information content (AvgIpc) is 3.30. The number of rotatable bonds is 8. The number of hydrogen-bond donors (Lipinski definition) is 1. The van der Waals surface area contributed by atoms with E-state index in [1.807, 2.05) is 6.20 Å². The zero-order valence-electron chi connectivity index (χ0n) is 19.1. The predicted molar refractivity (Wildman–Crippen MR) is 138 cm³/mol. The van der Waals surface area contributed by atoms with Crippen molar-refractivity contribution in [3.8, 4) is 0 Å². The first-order chi connectivity index (χ1) is 16.3. The molecule has 1 aliphatic rings. The van der Waals surface area contributed by atoms with Gasteiger partial charge in [0.05, 0.1) is 18.8 Å². The van der Waals surface area contributed by atoms with Crippen molar-refractivity contribution in [2.24, 2.45) is 0 Å². The molecule has 4 aromatic rings. The summed E-state index contributed by atoms with van der Waals surface area (Å²) in [4.78, 5) is 9.60. The molecular formula is C28H31N3OS. The highest BCUT2D eigenvalue weighted by atomic mass is 32.1. The molecule has 1 fully saturated rings. The third-order valence-electron chi connectivity index (χ3n) is 6.38. The lowest BCUT2D eigenvalue weighted by Gasteiger charge is -2.39. The molecule has 0 amide bonds. The Hall–Kier alpha value is -2.73. The summed E-state index contributed by atoms with van der Waals surface area (Å²) in [7, 11) is 0. The summed E-state index contributed by atoms with van der Waals surface area (Å²) in [5, 5.41) is 5.08. The number of hydrogen-bond acceptors (Lipinski definition) is 5. The molecular weight excluding hydrogens is 426 g/mol. The number of aromatic nitrogens is 1. The highest BCUT2D eigenvalue weighted by molar-refractivity contribution is 7.18. The molecule has 5 rings (SSSR count). The normalized spacial score (nSPS) is 19.1. The summed E-state index contributed by atoms with van der Waals surface area (Å²) in [5.74, 6) is 0. The van der Waals surface area contributed by atoms with Crippen LogP contribution >= 0.6 is 11.3 Å². The second kappa shape index (κ2) is 10.5. The minimum absolute atomic E-state index is 0.107. The van der Waals surface area contributed by atoms with E-state index in [0.717, 1.165) is 37.3 Å². The van der Waals surface area contributed by atoms with E-state index >= 15 is 0 Å². The van der Waals surface area contributed by atoms with Gasteiger partial charge in [-0.2, -0.15) is 0 Å². The third-order valence-corrected chi connectivity index (χ3v) is 7.56. The van der Waals surface area contributed by atoms with Crippen molar-refractivity contribution in [2.75, 3.05) is 18.4 Å². The molecule has 4 nitrogen and oxygen atoms in total. The van der Waals surface area contributed by atoms with Gasteiger partial charge in [0.15, 0.2) is 0 Å². The fraction of sp³-hybridized carbons (Fsp3) is 0.321. The van der Waals surface area contributed by atoms with Gasteiger partial charge in [-0.3, -0.25) is 4.90 Å². The second-order valence-corrected chi connectivity index (χ2v) is 9.85. The predicted octanol–water partition coefficient (Wildman–Crippen LogP) is 6.13. The maximum absolute atomic E-state index is 6.54. The number of anilines is 1. The lowest BCUT2D eigenvalue weighted by molar-refractivity contribution is -0.0196. The SMILES string of the molecule is CCc1cc2c(N[C@H]3CCN(Cc4ccccc4)C[C@@H]3OCc3ccccc3)ccnc2s1. The molecule has 0 radical (unpaired) electrons. The summed E-state index contributed by atoms with van der Waals surface area (Å²) >= 11 is 1.79. The van der Waals surface area contributed by atoms with Crippen molar-refractivity contribution in [1.29, 1.82) is 0 Å². The smallest absolute Gasteiger partial charge is 0.125 e. The fourth-order valence-corrected chi connectivity index (χ4v) is 5.53. The Morgan fingerprint density at radius 3 is 2.55 bits per heavy atom. The van der Waals surface area contributed by atoms with E-state index in [9.17, 15) is 0 Å². The number of benzene rings is 2. The Bertz CT molecular complexity index is 1160. The maximum atomic E-state index is 6.54. The summed E-state index contributed by atoms with van der Waals surface area (Å²) in [6.45, 7) is 5.76. The van der Waals surface area contributed by atoms with Gasteiger partial charge in [0, 0.05) is 41.8 Å². The fourth-order valence-electron chi connectivity index (χ4n) is 4.57. The quantitative estimate of drug-likeness (QED) is 0.345. The largest absolute Gasteiger partial charge is 0.379 e. The molecule has 170 valence electrons. The van der Waals surface area contributed by atoms with Gasteiger partial charge in [-0.15, -0.1) is 11.3 Å². The van der Waals surface area contributed by atoms with Gasteiger partial charge in [-0.25, -0.2) is 4.98 Å². The Labute approximate surface area is 200 Å². The summed E-state index contributed by atoms with van der Waals surface area (Å²) in [6, 6.07) is 25.9. The first-order valence-electron chi connectivity index (χ1n) is 11.8. The minimum Gasteiger partial charge on any atom is -0.379 e. The van der Waals surface area contributed by atoms with Crippen molar-refractivity contribution in [1.82, 2.24) is 9.88 Å². The van der Waals surface area contributed by atoms with Crippen LogP contribution in [0.1, 0.15) is 29.3 Å². The van der Waals surface area contributed by atoms with Crippen LogP contribution in [-0.4, -0.2) is 35.1 Å². The molecule has 0 saturated carbocycles. The van der Waals surface area contributed by atoms with Crippen molar-refractivity contribution in [2.45, 2.75) is 45.1 Å². The van der Waals surface area contributed by atoms with Crippen LogP contribution in [0.3, 0.4) is 0 Å². The number of piperidine rings is 1. The number of ether oxygens (including phenoxy) is 1. The van der Waals surface area contributed by atoms with Crippen LogP contribution in [0.25, 0.3) is 10.2 Å². The molecule has 3 heterocycles. The standard InChI is InChI=1S/C28H31N3OS/c1-2-23-17-24-25(13-15-29-28(24)33-23)30-26-14-16-31(18-21-9-5-3-6-10-21)19-27(26)32-20-22-11-7-4-8-12-22/h3-13,15,17,26-27H,2,14,16,18-20H2,1H3,(H,29,30)/t26-,27-/m0/s1. The number of aryl methyl sites for hydroxylation is 1. The van der Waals surface area contributed by atoms with Gasteiger partial charge in [-0.05, 0) is 36.1 Å². The van der Waals surface area contributed by atoms with Crippen LogP contribution < -0.4 is 5.32 Å². The van der Waals surface area contributed by atoms with E-state index in [4.69, 9.17) is 4.74 Å². The molecule has 1 saturated heterocycles. The molecule has 2 aromatic heterocycles. The highest BCUT2D eigenvalue weighted by Crippen LogP contribution is 2.31. The van der Waals surface area contributed by atoms with Crippen molar-refractivity contribution < 1.29 is 4.74 Å². The van der Waals surface area contributed by atoms with Crippen LogP contribution in [0.5, 0.6) is 0 Å². The van der Waals surface area contributed by atoms with E-state index in [2.05, 4.69) is 94.9 Å². The summed E-state index contributed by atoms with van der Waals surface area (Å²) < 4.78 is 6.54. The van der Waals surface area contributed by atoms with E-state index in [1.54, 1.807) is 11.3 Å². The van der Waals surface area contributed by atoms with E-state index in [0.29, 0.717) is 6.61 Å². The molecule has 33 heavy (non-hydrogen) atoms. The van der Waals surface area contributed by atoms with Crippen LogP contribution in [-0.2, 0) is 24.3 Å². The number of pyridine rings is 1. The molecule has 0 bridgehead atoms. The lowest BCUT2D eigenvalue weighted by Crippen LogP contribution is -2.50. The first-order valence-corrected chi connectivity index (χ1v) is 12.7. The molecule has 0 aliphatic carbocycles. The Kier molecular flexibility index (Phi) is 7.01. The van der Waals surface area contributed by atoms with Crippen LogP contribution in [0.4, 0.5) is 5.69 Å². The number of likely N-dealkylation sites (tertiary alicyclic amines) is 1. The molecule has 2 aromatic carbocycles. The van der Waals surface area contributed by atoms with Crippen molar-refractivity contribution in [3.05, 3.63) is 95.0 Å². The van der Waals surface area contributed by atoms with Crippen molar-refractivity contribution >= 4 is 27.2 Å².